The summed E-state index contributed by atoms with van der Waals surface area (Å²) in [5.74, 6) is -0.0783. The van der Waals surface area contributed by atoms with Crippen LogP contribution < -0.4 is 4.90 Å². The Morgan fingerprint density at radius 2 is 2.00 bits per heavy atom. The summed E-state index contributed by atoms with van der Waals surface area (Å²) < 4.78 is 1.89. The van der Waals surface area contributed by atoms with Crippen molar-refractivity contribution in [2.75, 3.05) is 25.5 Å². The van der Waals surface area contributed by atoms with Crippen LogP contribution >= 0.6 is 31.9 Å². The minimum atomic E-state index is -0.0783. The minimum absolute atomic E-state index is 0.0783. The van der Waals surface area contributed by atoms with Gasteiger partial charge in [0.1, 0.15) is 0 Å². The summed E-state index contributed by atoms with van der Waals surface area (Å²) in [6.07, 6.45) is 2.27. The van der Waals surface area contributed by atoms with E-state index in [4.69, 9.17) is 0 Å². The maximum absolute atomic E-state index is 12.2. The number of amides is 1. The lowest BCUT2D eigenvalue weighted by atomic mass is 10.1. The van der Waals surface area contributed by atoms with Crippen molar-refractivity contribution in [2.45, 2.75) is 19.4 Å². The van der Waals surface area contributed by atoms with E-state index in [0.717, 1.165) is 27.6 Å². The summed E-state index contributed by atoms with van der Waals surface area (Å²) in [6.45, 7) is 6.59. The largest absolute Gasteiger partial charge is 0.309 e. The smallest absolute Gasteiger partial charge is 0.250 e. The Kier molecular flexibility index (Phi) is 6.92. The van der Waals surface area contributed by atoms with Crippen molar-refractivity contribution in [1.29, 1.82) is 0 Å². The van der Waals surface area contributed by atoms with Gasteiger partial charge in [0.25, 0.3) is 5.91 Å². The number of nitrogens with zero attached hydrogens (tertiary/aromatic N) is 2. The molecule has 110 valence electrons. The molecule has 1 unspecified atom stereocenters. The third-order valence-electron chi connectivity index (χ3n) is 3.03. The maximum atomic E-state index is 12.2. The number of carbonyl (C=O) groups excluding carboxylic acids is 1. The van der Waals surface area contributed by atoms with Crippen LogP contribution in [0.2, 0.25) is 0 Å². The molecule has 0 aliphatic rings. The van der Waals surface area contributed by atoms with Crippen LogP contribution in [-0.2, 0) is 4.79 Å². The van der Waals surface area contributed by atoms with Gasteiger partial charge in [0, 0.05) is 20.7 Å². The summed E-state index contributed by atoms with van der Waals surface area (Å²) >= 11 is 6.92. The third-order valence-corrected chi connectivity index (χ3v) is 4.91. The normalized spacial score (nSPS) is 12.3. The molecule has 0 N–H and O–H groups in total. The van der Waals surface area contributed by atoms with Crippen molar-refractivity contribution in [3.63, 3.8) is 0 Å². The van der Waals surface area contributed by atoms with Crippen LogP contribution in [0.1, 0.15) is 13.3 Å². The highest BCUT2D eigenvalue weighted by Crippen LogP contribution is 2.29. The van der Waals surface area contributed by atoms with Gasteiger partial charge in [-0.2, -0.15) is 0 Å². The Balaban J connectivity index is 3.02. The fourth-order valence-electron chi connectivity index (χ4n) is 1.91. The van der Waals surface area contributed by atoms with Crippen LogP contribution in [0.15, 0.2) is 39.8 Å². The van der Waals surface area contributed by atoms with Crippen LogP contribution in [0.4, 0.5) is 5.69 Å². The molecule has 1 atom stereocenters. The summed E-state index contributed by atoms with van der Waals surface area (Å²) in [5.41, 5.74) is 0.872. The average Bonchev–Trinajstić information content (AvgIpc) is 2.40. The first-order valence-corrected chi connectivity index (χ1v) is 8.00. The summed E-state index contributed by atoms with van der Waals surface area (Å²) in [6, 6.07) is 5.91. The quantitative estimate of drug-likeness (QED) is 0.668. The molecule has 1 aromatic carbocycles. The molecule has 0 saturated carbocycles. The standard InChI is InChI=1S/C15H20Br2N2O/c1-5-15(20)19(11(2)8-9-18(3)4)12-6-7-13(16)14(17)10-12/h5-7,10-11H,1,8-9H2,2-4H3. The van der Waals surface area contributed by atoms with E-state index in [1.807, 2.05) is 32.3 Å². The van der Waals surface area contributed by atoms with Crippen molar-refractivity contribution in [1.82, 2.24) is 4.90 Å². The van der Waals surface area contributed by atoms with Crippen molar-refractivity contribution >= 4 is 43.5 Å². The molecule has 1 rings (SSSR count). The van der Waals surface area contributed by atoms with Crippen LogP contribution in [0, 0.1) is 0 Å². The molecule has 0 heterocycles. The first kappa shape index (κ1) is 17.4. The van der Waals surface area contributed by atoms with Gasteiger partial charge >= 0.3 is 0 Å². The molecular formula is C15H20Br2N2O. The van der Waals surface area contributed by atoms with E-state index in [-0.39, 0.29) is 11.9 Å². The molecule has 0 aromatic heterocycles. The maximum Gasteiger partial charge on any atom is 0.250 e. The summed E-state index contributed by atoms with van der Waals surface area (Å²) in [5, 5.41) is 0. The molecule has 0 saturated heterocycles. The number of rotatable bonds is 6. The van der Waals surface area contributed by atoms with E-state index < -0.39 is 0 Å². The van der Waals surface area contributed by atoms with Gasteiger partial charge in [-0.1, -0.05) is 6.58 Å². The minimum Gasteiger partial charge on any atom is -0.309 e. The predicted octanol–water partition coefficient (Wildman–Crippen LogP) is 4.07. The molecule has 3 nitrogen and oxygen atoms in total. The lowest BCUT2D eigenvalue weighted by Crippen LogP contribution is -2.39. The van der Waals surface area contributed by atoms with Gasteiger partial charge in [-0.15, -0.1) is 0 Å². The zero-order valence-corrected chi connectivity index (χ0v) is 15.2. The van der Waals surface area contributed by atoms with E-state index in [2.05, 4.69) is 50.3 Å². The van der Waals surface area contributed by atoms with E-state index in [0.29, 0.717) is 0 Å². The second kappa shape index (κ2) is 7.96. The van der Waals surface area contributed by atoms with Gasteiger partial charge < -0.3 is 9.80 Å². The van der Waals surface area contributed by atoms with Crippen molar-refractivity contribution in [2.24, 2.45) is 0 Å². The molecule has 5 heteroatoms. The second-order valence-corrected chi connectivity index (χ2v) is 6.66. The van der Waals surface area contributed by atoms with Crippen LogP contribution in [0.25, 0.3) is 0 Å². The number of carbonyl (C=O) groups is 1. The van der Waals surface area contributed by atoms with Crippen molar-refractivity contribution in [3.05, 3.63) is 39.8 Å². The Morgan fingerprint density at radius 1 is 1.35 bits per heavy atom. The van der Waals surface area contributed by atoms with E-state index >= 15 is 0 Å². The SMILES string of the molecule is C=CC(=O)N(c1ccc(Br)c(Br)c1)C(C)CCN(C)C. The molecule has 0 fully saturated rings. The van der Waals surface area contributed by atoms with Gasteiger partial charge in [0.15, 0.2) is 0 Å². The van der Waals surface area contributed by atoms with Crippen LogP contribution in [0.5, 0.6) is 0 Å². The molecule has 0 aliphatic carbocycles. The van der Waals surface area contributed by atoms with Crippen LogP contribution in [-0.4, -0.2) is 37.5 Å². The number of benzene rings is 1. The third kappa shape index (κ3) is 4.72. The zero-order chi connectivity index (χ0) is 15.3. The monoisotopic (exact) mass is 402 g/mol. The first-order valence-electron chi connectivity index (χ1n) is 6.42. The number of hydrogen-bond donors (Lipinski definition) is 0. The van der Waals surface area contributed by atoms with Gasteiger partial charge in [0.2, 0.25) is 0 Å². The van der Waals surface area contributed by atoms with Gasteiger partial charge in [-0.3, -0.25) is 4.79 Å². The average molecular weight is 404 g/mol. The topological polar surface area (TPSA) is 23.6 Å². The molecule has 1 aromatic rings. The molecular weight excluding hydrogens is 384 g/mol. The molecule has 1 amide bonds. The molecule has 0 bridgehead atoms. The van der Waals surface area contributed by atoms with E-state index in [9.17, 15) is 4.79 Å². The number of anilines is 1. The molecule has 0 radical (unpaired) electrons. The lowest BCUT2D eigenvalue weighted by molar-refractivity contribution is -0.114. The first-order chi connectivity index (χ1) is 9.36. The number of halogens is 2. The molecule has 0 aliphatic heterocycles. The fourth-order valence-corrected chi connectivity index (χ4v) is 2.52. The Bertz CT molecular complexity index is 489. The zero-order valence-electron chi connectivity index (χ0n) is 12.1. The highest BCUT2D eigenvalue weighted by atomic mass is 79.9. The summed E-state index contributed by atoms with van der Waals surface area (Å²) in [4.78, 5) is 16.1. The van der Waals surface area contributed by atoms with E-state index in [1.165, 1.54) is 6.08 Å². The lowest BCUT2D eigenvalue weighted by Gasteiger charge is -2.29. The Labute approximate surface area is 137 Å². The van der Waals surface area contributed by atoms with Gasteiger partial charge in [-0.05, 0) is 90.1 Å². The molecule has 20 heavy (non-hydrogen) atoms. The highest BCUT2D eigenvalue weighted by molar-refractivity contribution is 9.13. The molecule has 0 spiro atoms. The van der Waals surface area contributed by atoms with Gasteiger partial charge in [0.05, 0.1) is 0 Å². The van der Waals surface area contributed by atoms with Crippen molar-refractivity contribution < 1.29 is 4.79 Å². The second-order valence-electron chi connectivity index (χ2n) is 4.95. The number of hydrogen-bond acceptors (Lipinski definition) is 2. The Morgan fingerprint density at radius 3 is 2.50 bits per heavy atom. The van der Waals surface area contributed by atoms with E-state index in [1.54, 1.807) is 4.90 Å². The highest BCUT2D eigenvalue weighted by Gasteiger charge is 2.20. The van der Waals surface area contributed by atoms with Crippen LogP contribution in [0.3, 0.4) is 0 Å². The van der Waals surface area contributed by atoms with Gasteiger partial charge in [-0.25, -0.2) is 0 Å². The fraction of sp³-hybridized carbons (Fsp3) is 0.400. The summed E-state index contributed by atoms with van der Waals surface area (Å²) in [7, 11) is 4.06. The predicted molar refractivity (Wildman–Crippen MR) is 92.2 cm³/mol. The Hall–Kier alpha value is -0.650. The van der Waals surface area contributed by atoms with Crippen molar-refractivity contribution in [3.8, 4) is 0 Å².